The fraction of sp³-hybridized carbons (Fsp3) is 0.300. The van der Waals surface area contributed by atoms with E-state index in [2.05, 4.69) is 9.46 Å². The largest absolute Gasteiger partial charge is 0.495 e. The fourth-order valence-corrected chi connectivity index (χ4v) is 4.34. The molecule has 0 saturated heterocycles. The Bertz CT molecular complexity index is 1060. The number of esters is 1. The van der Waals surface area contributed by atoms with Crippen molar-refractivity contribution < 1.29 is 27.5 Å². The molecule has 2 aromatic carbocycles. The molecule has 0 bridgehead atoms. The first-order valence-corrected chi connectivity index (χ1v) is 10.5. The smallest absolute Gasteiger partial charge is 0.337 e. The van der Waals surface area contributed by atoms with Crippen molar-refractivity contribution in [1.82, 2.24) is 0 Å². The molecule has 0 spiro atoms. The van der Waals surface area contributed by atoms with Gasteiger partial charge < -0.3 is 14.4 Å². The summed E-state index contributed by atoms with van der Waals surface area (Å²) < 4.78 is 38.2. The van der Waals surface area contributed by atoms with Crippen LogP contribution in [0.1, 0.15) is 29.3 Å². The average Bonchev–Trinajstić information content (AvgIpc) is 3.15. The summed E-state index contributed by atoms with van der Waals surface area (Å²) in [6.07, 6.45) is 0.975. The van der Waals surface area contributed by atoms with Crippen LogP contribution in [0.4, 0.5) is 11.4 Å². The molecule has 0 saturated carbocycles. The molecule has 1 heterocycles. The Morgan fingerprint density at radius 2 is 1.90 bits per heavy atom. The zero-order valence-corrected chi connectivity index (χ0v) is 17.2. The number of hydrogen-bond donors (Lipinski definition) is 1. The van der Waals surface area contributed by atoms with Gasteiger partial charge in [0.25, 0.3) is 10.0 Å². The van der Waals surface area contributed by atoms with Crippen molar-refractivity contribution in [2.75, 3.05) is 30.4 Å². The van der Waals surface area contributed by atoms with Crippen LogP contribution in [-0.4, -0.2) is 41.1 Å². The minimum Gasteiger partial charge on any atom is -0.495 e. The van der Waals surface area contributed by atoms with Crippen LogP contribution in [0.2, 0.25) is 0 Å². The number of sulfonamides is 1. The number of ether oxygens (including phenoxy) is 2. The molecule has 2 aromatic rings. The van der Waals surface area contributed by atoms with E-state index in [1.165, 1.54) is 38.5 Å². The van der Waals surface area contributed by atoms with Crippen molar-refractivity contribution in [3.05, 3.63) is 47.5 Å². The second-order valence-electron chi connectivity index (χ2n) is 6.45. The zero-order valence-electron chi connectivity index (χ0n) is 16.4. The summed E-state index contributed by atoms with van der Waals surface area (Å²) in [4.78, 5) is 25.5. The minimum atomic E-state index is -3.95. The molecule has 0 atom stereocenters. The Balaban J connectivity index is 1.93. The number of carbonyl (C=O) groups is 2. The normalized spacial score (nSPS) is 13.0. The number of rotatable bonds is 6. The molecule has 3 rings (SSSR count). The average molecular weight is 418 g/mol. The highest BCUT2D eigenvalue weighted by Crippen LogP contribution is 2.33. The Morgan fingerprint density at radius 3 is 2.55 bits per heavy atom. The van der Waals surface area contributed by atoms with Gasteiger partial charge in [-0.1, -0.05) is 6.92 Å². The van der Waals surface area contributed by atoms with Crippen LogP contribution in [0.15, 0.2) is 41.3 Å². The summed E-state index contributed by atoms with van der Waals surface area (Å²) in [5, 5.41) is 0. The molecule has 1 amide bonds. The third-order valence-electron chi connectivity index (χ3n) is 4.73. The highest BCUT2D eigenvalue weighted by Gasteiger charge is 2.26. The van der Waals surface area contributed by atoms with Crippen LogP contribution in [0.25, 0.3) is 0 Å². The first-order chi connectivity index (χ1) is 13.8. The topological polar surface area (TPSA) is 102 Å². The molecule has 8 nitrogen and oxygen atoms in total. The maximum atomic E-state index is 12.9. The first kappa shape index (κ1) is 20.7. The van der Waals surface area contributed by atoms with E-state index < -0.39 is 16.0 Å². The van der Waals surface area contributed by atoms with Crippen molar-refractivity contribution in [3.63, 3.8) is 0 Å². The zero-order chi connectivity index (χ0) is 21.2. The lowest BCUT2D eigenvalue weighted by Crippen LogP contribution is -2.27. The molecule has 0 fully saturated rings. The van der Waals surface area contributed by atoms with Crippen LogP contribution < -0.4 is 14.4 Å². The van der Waals surface area contributed by atoms with Crippen molar-refractivity contribution in [3.8, 4) is 5.75 Å². The van der Waals surface area contributed by atoms with E-state index in [1.54, 1.807) is 24.0 Å². The highest BCUT2D eigenvalue weighted by atomic mass is 32.2. The molecular formula is C20H22N2O6S. The van der Waals surface area contributed by atoms with Gasteiger partial charge in [0.15, 0.2) is 0 Å². The Morgan fingerprint density at radius 1 is 1.14 bits per heavy atom. The maximum absolute atomic E-state index is 12.9. The van der Waals surface area contributed by atoms with Crippen LogP contribution >= 0.6 is 0 Å². The SMILES string of the molecule is CCC(=O)N1CCc2cc(S(=O)(=O)Nc3cc(C(=O)OC)ccc3OC)ccc21. The van der Waals surface area contributed by atoms with Gasteiger partial charge in [0, 0.05) is 18.7 Å². The van der Waals surface area contributed by atoms with E-state index in [1.807, 2.05) is 0 Å². The molecular weight excluding hydrogens is 396 g/mol. The van der Waals surface area contributed by atoms with Gasteiger partial charge in [-0.3, -0.25) is 9.52 Å². The van der Waals surface area contributed by atoms with E-state index >= 15 is 0 Å². The number of nitrogens with one attached hydrogen (secondary N) is 1. The van der Waals surface area contributed by atoms with E-state index in [-0.39, 0.29) is 27.8 Å². The predicted molar refractivity (Wildman–Crippen MR) is 108 cm³/mol. The van der Waals surface area contributed by atoms with Gasteiger partial charge in [0.1, 0.15) is 5.75 Å². The quantitative estimate of drug-likeness (QED) is 0.724. The third-order valence-corrected chi connectivity index (χ3v) is 6.09. The van der Waals surface area contributed by atoms with E-state index in [9.17, 15) is 18.0 Å². The molecule has 29 heavy (non-hydrogen) atoms. The molecule has 1 aliphatic rings. The summed E-state index contributed by atoms with van der Waals surface area (Å²) in [5.74, 6) is -0.324. The molecule has 154 valence electrons. The van der Waals surface area contributed by atoms with Gasteiger partial charge in [0.2, 0.25) is 5.91 Å². The van der Waals surface area contributed by atoms with Crippen LogP contribution in [0, 0.1) is 0 Å². The van der Waals surface area contributed by atoms with Crippen LogP contribution in [-0.2, 0) is 26.0 Å². The third kappa shape index (κ3) is 4.04. The number of carbonyl (C=O) groups excluding carboxylic acids is 2. The van der Waals surface area contributed by atoms with Gasteiger partial charge in [-0.2, -0.15) is 0 Å². The summed E-state index contributed by atoms with van der Waals surface area (Å²) >= 11 is 0. The molecule has 0 unspecified atom stereocenters. The summed E-state index contributed by atoms with van der Waals surface area (Å²) in [7, 11) is -1.30. The van der Waals surface area contributed by atoms with Crippen molar-refractivity contribution in [1.29, 1.82) is 0 Å². The van der Waals surface area contributed by atoms with Crippen LogP contribution in [0.3, 0.4) is 0 Å². The monoisotopic (exact) mass is 418 g/mol. The van der Waals surface area contributed by atoms with E-state index in [0.29, 0.717) is 19.4 Å². The Hall–Kier alpha value is -3.07. The first-order valence-electron chi connectivity index (χ1n) is 9.03. The molecule has 0 radical (unpaired) electrons. The number of hydrogen-bond acceptors (Lipinski definition) is 6. The fourth-order valence-electron chi connectivity index (χ4n) is 3.23. The van der Waals surface area contributed by atoms with Gasteiger partial charge in [-0.15, -0.1) is 0 Å². The van der Waals surface area contributed by atoms with Gasteiger partial charge >= 0.3 is 5.97 Å². The Kier molecular flexibility index (Phi) is 5.78. The predicted octanol–water partition coefficient (Wildman–Crippen LogP) is 2.58. The molecule has 9 heteroatoms. The van der Waals surface area contributed by atoms with Gasteiger partial charge in [-0.25, -0.2) is 13.2 Å². The Labute approximate surface area is 169 Å². The summed E-state index contributed by atoms with van der Waals surface area (Å²) in [6.45, 7) is 2.33. The van der Waals surface area contributed by atoms with E-state index in [0.717, 1.165) is 11.3 Å². The standard InChI is InChI=1S/C20H22N2O6S/c1-4-19(23)22-10-9-13-11-15(6-7-17(13)22)29(25,26)21-16-12-14(20(24)28-3)5-8-18(16)27-2/h5-8,11-12,21H,4,9-10H2,1-3H3. The van der Waals surface area contributed by atoms with Crippen molar-refractivity contribution >= 4 is 33.3 Å². The maximum Gasteiger partial charge on any atom is 0.337 e. The number of methoxy groups -OCH3 is 2. The van der Waals surface area contributed by atoms with Gasteiger partial charge in [0.05, 0.1) is 30.4 Å². The van der Waals surface area contributed by atoms with Gasteiger partial charge in [-0.05, 0) is 48.4 Å². The van der Waals surface area contributed by atoms with E-state index in [4.69, 9.17) is 4.74 Å². The van der Waals surface area contributed by atoms with Crippen molar-refractivity contribution in [2.45, 2.75) is 24.7 Å². The second-order valence-corrected chi connectivity index (χ2v) is 8.13. The molecule has 1 aliphatic heterocycles. The summed E-state index contributed by atoms with van der Waals surface area (Å²) in [6, 6.07) is 9.00. The number of amides is 1. The number of fused-ring (bicyclic) bond motifs is 1. The number of benzene rings is 2. The minimum absolute atomic E-state index is 0.00171. The molecule has 1 N–H and O–H groups in total. The lowest BCUT2D eigenvalue weighted by molar-refractivity contribution is -0.118. The lowest BCUT2D eigenvalue weighted by atomic mass is 10.2. The number of nitrogens with zero attached hydrogens (tertiary/aromatic N) is 1. The number of anilines is 2. The summed E-state index contributed by atoms with van der Waals surface area (Å²) in [5.41, 5.74) is 1.85. The highest BCUT2D eigenvalue weighted by molar-refractivity contribution is 7.92. The lowest BCUT2D eigenvalue weighted by Gasteiger charge is -2.17. The van der Waals surface area contributed by atoms with Crippen molar-refractivity contribution in [2.24, 2.45) is 0 Å². The molecule has 0 aromatic heterocycles. The molecule has 0 aliphatic carbocycles. The van der Waals surface area contributed by atoms with Crippen LogP contribution in [0.5, 0.6) is 5.75 Å². The second kappa shape index (κ2) is 8.12.